The highest BCUT2D eigenvalue weighted by Crippen LogP contribution is 2.20. The van der Waals surface area contributed by atoms with Gasteiger partial charge in [0.15, 0.2) is 0 Å². The Morgan fingerprint density at radius 2 is 2.04 bits per heavy atom. The van der Waals surface area contributed by atoms with Crippen LogP contribution in [-0.2, 0) is 11.3 Å². The van der Waals surface area contributed by atoms with E-state index in [1.165, 1.54) is 0 Å². The molecular weight excluding hydrogens is 328 g/mol. The Bertz CT molecular complexity index is 712. The van der Waals surface area contributed by atoms with E-state index in [-0.39, 0.29) is 11.4 Å². The number of amides is 1. The Labute approximate surface area is 154 Å². The lowest BCUT2D eigenvalue weighted by Gasteiger charge is -2.29. The molecule has 1 heterocycles. The molecule has 0 radical (unpaired) electrons. The average molecular weight is 354 g/mol. The minimum Gasteiger partial charge on any atom is -0.489 e. The summed E-state index contributed by atoms with van der Waals surface area (Å²) < 4.78 is 11.1. The van der Waals surface area contributed by atoms with Gasteiger partial charge in [-0.2, -0.15) is 0 Å². The predicted molar refractivity (Wildman–Crippen MR) is 101 cm³/mol. The summed E-state index contributed by atoms with van der Waals surface area (Å²) in [7, 11) is 1.69. The first kappa shape index (κ1) is 18.4. The van der Waals surface area contributed by atoms with Gasteiger partial charge < -0.3 is 20.1 Å². The lowest BCUT2D eigenvalue weighted by Crippen LogP contribution is -2.52. The van der Waals surface area contributed by atoms with E-state index in [9.17, 15) is 4.79 Å². The van der Waals surface area contributed by atoms with E-state index in [0.29, 0.717) is 31.1 Å². The van der Waals surface area contributed by atoms with E-state index in [0.717, 1.165) is 24.9 Å². The van der Waals surface area contributed by atoms with Gasteiger partial charge in [0.05, 0.1) is 12.1 Å². The van der Waals surface area contributed by atoms with Crippen LogP contribution in [0.4, 0.5) is 0 Å². The molecule has 0 aromatic heterocycles. The summed E-state index contributed by atoms with van der Waals surface area (Å²) in [5.74, 6) is 0.589. The second-order valence-electron chi connectivity index (χ2n) is 6.73. The quantitative estimate of drug-likeness (QED) is 0.765. The van der Waals surface area contributed by atoms with Crippen molar-refractivity contribution in [3.8, 4) is 5.75 Å². The number of ether oxygens (including phenoxy) is 2. The number of benzene rings is 2. The van der Waals surface area contributed by atoms with Crippen molar-refractivity contribution >= 4 is 5.91 Å². The van der Waals surface area contributed by atoms with Gasteiger partial charge in [-0.1, -0.05) is 36.4 Å². The largest absolute Gasteiger partial charge is 0.489 e. The lowest BCUT2D eigenvalue weighted by molar-refractivity contribution is 0.0891. The zero-order valence-electron chi connectivity index (χ0n) is 15.2. The highest BCUT2D eigenvalue weighted by molar-refractivity contribution is 5.94. The highest BCUT2D eigenvalue weighted by Gasteiger charge is 2.33. The van der Waals surface area contributed by atoms with Crippen molar-refractivity contribution in [1.29, 1.82) is 0 Å². The van der Waals surface area contributed by atoms with Gasteiger partial charge >= 0.3 is 0 Å². The van der Waals surface area contributed by atoms with Crippen molar-refractivity contribution in [2.75, 3.05) is 26.8 Å². The molecule has 26 heavy (non-hydrogen) atoms. The molecule has 1 fully saturated rings. The fraction of sp³-hybridized carbons (Fsp3) is 0.381. The molecule has 5 heteroatoms. The number of methoxy groups -OCH3 is 1. The van der Waals surface area contributed by atoms with E-state index in [1.807, 2.05) is 42.5 Å². The molecule has 1 aliphatic rings. The van der Waals surface area contributed by atoms with Gasteiger partial charge in [0.25, 0.3) is 5.91 Å². The van der Waals surface area contributed by atoms with Crippen molar-refractivity contribution < 1.29 is 14.3 Å². The van der Waals surface area contributed by atoms with E-state index in [4.69, 9.17) is 9.47 Å². The van der Waals surface area contributed by atoms with Gasteiger partial charge in [-0.25, -0.2) is 0 Å². The molecule has 0 aliphatic carbocycles. The van der Waals surface area contributed by atoms with E-state index < -0.39 is 0 Å². The molecule has 1 saturated heterocycles. The summed E-state index contributed by atoms with van der Waals surface area (Å²) in [4.78, 5) is 12.5. The molecule has 1 atom stereocenters. The highest BCUT2D eigenvalue weighted by atomic mass is 16.5. The van der Waals surface area contributed by atoms with E-state index in [2.05, 4.69) is 10.6 Å². The van der Waals surface area contributed by atoms with Crippen molar-refractivity contribution in [2.24, 2.45) is 0 Å². The summed E-state index contributed by atoms with van der Waals surface area (Å²) in [6.07, 6.45) is 2.10. The van der Waals surface area contributed by atoms with Gasteiger partial charge in [-0.3, -0.25) is 4.79 Å². The van der Waals surface area contributed by atoms with Gasteiger partial charge in [0.2, 0.25) is 0 Å². The number of carbonyl (C=O) groups is 1. The first-order valence-corrected chi connectivity index (χ1v) is 9.00. The van der Waals surface area contributed by atoms with Gasteiger partial charge in [0.1, 0.15) is 12.4 Å². The number of carbonyl (C=O) groups excluding carboxylic acids is 1. The van der Waals surface area contributed by atoms with Crippen LogP contribution in [-0.4, -0.2) is 38.3 Å². The fourth-order valence-corrected chi connectivity index (χ4v) is 3.29. The third-order valence-electron chi connectivity index (χ3n) is 4.68. The Balaban J connectivity index is 1.57. The molecule has 2 N–H and O–H groups in total. The minimum absolute atomic E-state index is 0.0978. The van der Waals surface area contributed by atoms with Gasteiger partial charge in [-0.15, -0.1) is 0 Å². The maximum Gasteiger partial charge on any atom is 0.251 e. The van der Waals surface area contributed by atoms with Gasteiger partial charge in [0, 0.05) is 19.2 Å². The Morgan fingerprint density at radius 1 is 1.19 bits per heavy atom. The summed E-state index contributed by atoms with van der Waals surface area (Å²) in [6, 6.07) is 17.3. The Morgan fingerprint density at radius 3 is 2.77 bits per heavy atom. The molecule has 2 aromatic carbocycles. The van der Waals surface area contributed by atoms with Gasteiger partial charge in [-0.05, 0) is 43.1 Å². The van der Waals surface area contributed by atoms with E-state index in [1.54, 1.807) is 19.2 Å². The van der Waals surface area contributed by atoms with Crippen molar-refractivity contribution in [3.05, 3.63) is 65.7 Å². The number of rotatable bonds is 8. The molecule has 138 valence electrons. The predicted octanol–water partition coefficient (Wildman–Crippen LogP) is 2.76. The van der Waals surface area contributed by atoms with Crippen LogP contribution in [0, 0.1) is 0 Å². The maximum atomic E-state index is 12.5. The number of nitrogens with one attached hydrogen (secondary N) is 2. The lowest BCUT2D eigenvalue weighted by atomic mass is 9.98. The van der Waals surface area contributed by atoms with Crippen LogP contribution >= 0.6 is 0 Å². The van der Waals surface area contributed by atoms with Crippen molar-refractivity contribution in [3.63, 3.8) is 0 Å². The summed E-state index contributed by atoms with van der Waals surface area (Å²) in [6.45, 7) is 2.58. The summed E-state index contributed by atoms with van der Waals surface area (Å²) >= 11 is 0. The SMILES string of the molecule is COCC1(CNC(=O)c2cccc(OCc3ccccc3)c2)CCCN1. The van der Waals surface area contributed by atoms with Crippen LogP contribution in [0.5, 0.6) is 5.75 Å². The second-order valence-corrected chi connectivity index (χ2v) is 6.73. The maximum absolute atomic E-state index is 12.5. The molecule has 0 bridgehead atoms. The third-order valence-corrected chi connectivity index (χ3v) is 4.68. The van der Waals surface area contributed by atoms with Crippen LogP contribution in [0.2, 0.25) is 0 Å². The standard InChI is InChI=1S/C21H26N2O3/c1-25-16-21(11-6-12-23-21)15-22-20(24)18-9-5-10-19(13-18)26-14-17-7-3-2-4-8-17/h2-5,7-10,13,23H,6,11-12,14-16H2,1H3,(H,22,24). The first-order valence-electron chi connectivity index (χ1n) is 9.00. The molecule has 0 saturated carbocycles. The molecule has 5 nitrogen and oxygen atoms in total. The third kappa shape index (κ3) is 4.84. The smallest absolute Gasteiger partial charge is 0.251 e. The normalized spacial score (nSPS) is 19.3. The van der Waals surface area contributed by atoms with Crippen LogP contribution in [0.3, 0.4) is 0 Å². The van der Waals surface area contributed by atoms with Crippen LogP contribution < -0.4 is 15.4 Å². The zero-order valence-corrected chi connectivity index (χ0v) is 15.2. The zero-order chi connectivity index (χ0) is 18.2. The molecule has 2 aromatic rings. The molecule has 0 spiro atoms. The second kappa shape index (κ2) is 8.83. The molecule has 1 unspecified atom stereocenters. The topological polar surface area (TPSA) is 59.6 Å². The van der Waals surface area contributed by atoms with Crippen LogP contribution in [0.25, 0.3) is 0 Å². The summed E-state index contributed by atoms with van der Waals surface area (Å²) in [5, 5.41) is 6.49. The van der Waals surface area contributed by atoms with Crippen molar-refractivity contribution in [1.82, 2.24) is 10.6 Å². The molecule has 1 amide bonds. The monoisotopic (exact) mass is 354 g/mol. The number of hydrogen-bond acceptors (Lipinski definition) is 4. The fourth-order valence-electron chi connectivity index (χ4n) is 3.29. The molecule has 1 aliphatic heterocycles. The molecule has 3 rings (SSSR count). The van der Waals surface area contributed by atoms with Crippen LogP contribution in [0.1, 0.15) is 28.8 Å². The summed E-state index contributed by atoms with van der Waals surface area (Å²) in [5.41, 5.74) is 1.53. The first-order chi connectivity index (χ1) is 12.7. The average Bonchev–Trinajstić information content (AvgIpc) is 3.15. The Hall–Kier alpha value is -2.37. The number of hydrogen-bond donors (Lipinski definition) is 2. The molecular formula is C21H26N2O3. The minimum atomic E-state index is -0.161. The Kier molecular flexibility index (Phi) is 6.26. The van der Waals surface area contributed by atoms with Crippen molar-refractivity contribution in [2.45, 2.75) is 25.0 Å². The van der Waals surface area contributed by atoms with E-state index >= 15 is 0 Å². The van der Waals surface area contributed by atoms with Crippen LogP contribution in [0.15, 0.2) is 54.6 Å².